The van der Waals surface area contributed by atoms with E-state index in [1.807, 2.05) is 0 Å². The molecule has 1 saturated carbocycles. The Morgan fingerprint density at radius 1 is 1.31 bits per heavy atom. The van der Waals surface area contributed by atoms with Gasteiger partial charge in [0.05, 0.1) is 0 Å². The Kier molecular flexibility index (Phi) is 3.31. The summed E-state index contributed by atoms with van der Waals surface area (Å²) in [7, 11) is 0. The highest BCUT2D eigenvalue weighted by Gasteiger charge is 2.30. The average Bonchev–Trinajstić information content (AvgIpc) is 2.23. The van der Waals surface area contributed by atoms with Crippen molar-refractivity contribution in [3.63, 3.8) is 0 Å². The third-order valence-electron chi connectivity index (χ3n) is 3.66. The number of benzene rings is 1. The van der Waals surface area contributed by atoms with Crippen LogP contribution in [0.1, 0.15) is 36.8 Å². The van der Waals surface area contributed by atoms with E-state index in [0.717, 1.165) is 32.1 Å². The third-order valence-corrected chi connectivity index (χ3v) is 3.66. The summed E-state index contributed by atoms with van der Waals surface area (Å²) in [4.78, 5) is 0. The maximum Gasteiger partial charge on any atom is 0.0196 e. The van der Waals surface area contributed by atoms with Crippen LogP contribution in [0.25, 0.3) is 0 Å². The smallest absolute Gasteiger partial charge is 0.0196 e. The lowest BCUT2D eigenvalue weighted by molar-refractivity contribution is 0.271. The van der Waals surface area contributed by atoms with E-state index < -0.39 is 0 Å². The van der Waals surface area contributed by atoms with Gasteiger partial charge in [-0.2, -0.15) is 0 Å². The van der Waals surface area contributed by atoms with E-state index >= 15 is 0 Å². The van der Waals surface area contributed by atoms with Gasteiger partial charge in [0.1, 0.15) is 0 Å². The first-order valence-corrected chi connectivity index (χ1v) is 6.17. The molecule has 0 radical (unpaired) electrons. The second-order valence-electron chi connectivity index (χ2n) is 5.37. The normalized spacial score (nSPS) is 30.3. The molecule has 0 spiro atoms. The molecule has 2 nitrogen and oxygen atoms in total. The first-order chi connectivity index (χ1) is 7.57. The van der Waals surface area contributed by atoms with Crippen molar-refractivity contribution in [2.75, 3.05) is 0 Å². The second-order valence-corrected chi connectivity index (χ2v) is 5.37. The zero-order chi connectivity index (χ0) is 11.6. The minimum Gasteiger partial charge on any atom is -0.328 e. The Morgan fingerprint density at radius 2 is 2.00 bits per heavy atom. The fraction of sp³-hybridized carbons (Fsp3) is 0.571. The van der Waals surface area contributed by atoms with E-state index in [1.54, 1.807) is 0 Å². The van der Waals surface area contributed by atoms with Gasteiger partial charge in [-0.3, -0.25) is 0 Å². The molecule has 1 aromatic rings. The van der Waals surface area contributed by atoms with Gasteiger partial charge in [-0.1, -0.05) is 29.8 Å². The fourth-order valence-corrected chi connectivity index (χ4v) is 2.62. The largest absolute Gasteiger partial charge is 0.328 e. The van der Waals surface area contributed by atoms with Crippen molar-refractivity contribution < 1.29 is 0 Å². The number of hydrogen-bond acceptors (Lipinski definition) is 2. The SMILES string of the molecule is Cc1cccc(CC2(N)CCC(N)CC2)c1. The Balaban J connectivity index is 2.03. The summed E-state index contributed by atoms with van der Waals surface area (Å²) in [5.74, 6) is 0. The Morgan fingerprint density at radius 3 is 2.62 bits per heavy atom. The summed E-state index contributed by atoms with van der Waals surface area (Å²) in [6.45, 7) is 2.13. The van der Waals surface area contributed by atoms with E-state index in [4.69, 9.17) is 11.5 Å². The number of aryl methyl sites for hydroxylation is 1. The molecule has 0 atom stereocenters. The maximum absolute atomic E-state index is 6.45. The highest BCUT2D eigenvalue weighted by molar-refractivity contribution is 5.24. The molecule has 1 aromatic carbocycles. The van der Waals surface area contributed by atoms with Gasteiger partial charge in [-0.15, -0.1) is 0 Å². The molecule has 0 aliphatic heterocycles. The highest BCUT2D eigenvalue weighted by Crippen LogP contribution is 2.28. The lowest BCUT2D eigenvalue weighted by Crippen LogP contribution is -2.47. The molecule has 0 saturated heterocycles. The quantitative estimate of drug-likeness (QED) is 0.799. The van der Waals surface area contributed by atoms with Crippen LogP contribution < -0.4 is 11.5 Å². The monoisotopic (exact) mass is 218 g/mol. The van der Waals surface area contributed by atoms with E-state index in [2.05, 4.69) is 31.2 Å². The third kappa shape index (κ3) is 2.83. The lowest BCUT2D eigenvalue weighted by atomic mass is 9.76. The molecular formula is C14H22N2. The summed E-state index contributed by atoms with van der Waals surface area (Å²) in [5.41, 5.74) is 15.0. The van der Waals surface area contributed by atoms with Crippen LogP contribution in [0.3, 0.4) is 0 Å². The summed E-state index contributed by atoms with van der Waals surface area (Å²) in [6, 6.07) is 9.03. The second kappa shape index (κ2) is 4.56. The number of nitrogens with two attached hydrogens (primary N) is 2. The van der Waals surface area contributed by atoms with Crippen molar-refractivity contribution in [1.82, 2.24) is 0 Å². The standard InChI is InChI=1S/C14H22N2/c1-11-3-2-4-12(9-11)10-14(16)7-5-13(15)6-8-14/h2-4,9,13H,5-8,10,15-16H2,1H3. The number of rotatable bonds is 2. The van der Waals surface area contributed by atoms with Gasteiger partial charge in [0.15, 0.2) is 0 Å². The van der Waals surface area contributed by atoms with E-state index in [0.29, 0.717) is 6.04 Å². The zero-order valence-electron chi connectivity index (χ0n) is 10.1. The summed E-state index contributed by atoms with van der Waals surface area (Å²) < 4.78 is 0. The van der Waals surface area contributed by atoms with Gasteiger partial charge in [-0.05, 0) is 44.6 Å². The predicted molar refractivity (Wildman–Crippen MR) is 68.2 cm³/mol. The molecule has 1 fully saturated rings. The van der Waals surface area contributed by atoms with Crippen LogP contribution >= 0.6 is 0 Å². The molecule has 2 heteroatoms. The van der Waals surface area contributed by atoms with Gasteiger partial charge in [0.2, 0.25) is 0 Å². The highest BCUT2D eigenvalue weighted by atomic mass is 14.8. The van der Waals surface area contributed by atoms with Crippen molar-refractivity contribution in [1.29, 1.82) is 0 Å². The van der Waals surface area contributed by atoms with Crippen LogP contribution in [0.5, 0.6) is 0 Å². The van der Waals surface area contributed by atoms with Crippen molar-refractivity contribution in [2.45, 2.75) is 50.6 Å². The van der Waals surface area contributed by atoms with Crippen molar-refractivity contribution in [3.05, 3.63) is 35.4 Å². The van der Waals surface area contributed by atoms with Crippen LogP contribution in [-0.4, -0.2) is 11.6 Å². The first-order valence-electron chi connectivity index (χ1n) is 6.17. The molecule has 0 bridgehead atoms. The van der Waals surface area contributed by atoms with Crippen molar-refractivity contribution >= 4 is 0 Å². The van der Waals surface area contributed by atoms with Crippen LogP contribution in [0.4, 0.5) is 0 Å². The van der Waals surface area contributed by atoms with Crippen LogP contribution in [0, 0.1) is 6.92 Å². The van der Waals surface area contributed by atoms with Gasteiger partial charge >= 0.3 is 0 Å². The van der Waals surface area contributed by atoms with Crippen LogP contribution in [0.15, 0.2) is 24.3 Å². The minimum atomic E-state index is -0.0241. The molecule has 0 unspecified atom stereocenters. The van der Waals surface area contributed by atoms with E-state index in [1.165, 1.54) is 11.1 Å². The van der Waals surface area contributed by atoms with Crippen LogP contribution in [0.2, 0.25) is 0 Å². The van der Waals surface area contributed by atoms with Gasteiger partial charge in [0, 0.05) is 11.6 Å². The van der Waals surface area contributed by atoms with Gasteiger partial charge in [0.25, 0.3) is 0 Å². The Labute approximate surface area is 98.0 Å². The Hall–Kier alpha value is -0.860. The molecule has 1 aliphatic carbocycles. The molecule has 16 heavy (non-hydrogen) atoms. The van der Waals surface area contributed by atoms with Gasteiger partial charge < -0.3 is 11.5 Å². The molecule has 2 rings (SSSR count). The molecule has 0 amide bonds. The molecular weight excluding hydrogens is 196 g/mol. The molecule has 88 valence electrons. The summed E-state index contributed by atoms with van der Waals surface area (Å²) in [6.07, 6.45) is 5.25. The minimum absolute atomic E-state index is 0.0241. The Bertz CT molecular complexity index is 352. The molecule has 0 heterocycles. The summed E-state index contributed by atoms with van der Waals surface area (Å²) >= 11 is 0. The fourth-order valence-electron chi connectivity index (χ4n) is 2.62. The molecule has 1 aliphatic rings. The zero-order valence-corrected chi connectivity index (χ0v) is 10.1. The number of hydrogen-bond donors (Lipinski definition) is 2. The van der Waals surface area contributed by atoms with Crippen LogP contribution in [-0.2, 0) is 6.42 Å². The lowest BCUT2D eigenvalue weighted by Gasteiger charge is -2.36. The van der Waals surface area contributed by atoms with E-state index in [-0.39, 0.29) is 5.54 Å². The average molecular weight is 218 g/mol. The van der Waals surface area contributed by atoms with E-state index in [9.17, 15) is 0 Å². The first kappa shape index (κ1) is 11.6. The maximum atomic E-state index is 6.45. The topological polar surface area (TPSA) is 52.0 Å². The predicted octanol–water partition coefficient (Wildman–Crippen LogP) is 2.14. The molecule has 0 aromatic heterocycles. The molecule has 4 N–H and O–H groups in total. The van der Waals surface area contributed by atoms with Gasteiger partial charge in [-0.25, -0.2) is 0 Å². The summed E-state index contributed by atoms with van der Waals surface area (Å²) in [5, 5.41) is 0. The van der Waals surface area contributed by atoms with Crippen molar-refractivity contribution in [3.8, 4) is 0 Å². The van der Waals surface area contributed by atoms with Crippen molar-refractivity contribution in [2.24, 2.45) is 11.5 Å².